The molecule has 2 N–H and O–H groups in total. The number of rotatable bonds is 3. The third-order valence-electron chi connectivity index (χ3n) is 3.33. The van der Waals surface area contributed by atoms with Crippen molar-refractivity contribution >= 4 is 0 Å². The molecule has 2 aliphatic rings. The van der Waals surface area contributed by atoms with E-state index in [1.54, 1.807) is 0 Å². The van der Waals surface area contributed by atoms with Crippen molar-refractivity contribution in [1.82, 2.24) is 9.78 Å². The number of hydrogen-bond acceptors (Lipinski definition) is 3. The second-order valence-electron chi connectivity index (χ2n) is 4.76. The quantitative estimate of drug-likeness (QED) is 0.807. The SMILES string of the molecule is NC1(CCc2cc3n(n2)CCCO3)CC1. The van der Waals surface area contributed by atoms with Gasteiger partial charge in [0.05, 0.1) is 12.3 Å². The number of fused-ring (bicyclic) bond motifs is 1. The van der Waals surface area contributed by atoms with Gasteiger partial charge in [-0.15, -0.1) is 0 Å². The molecule has 0 bridgehead atoms. The Kier molecular flexibility index (Phi) is 1.99. The molecule has 1 fully saturated rings. The molecule has 15 heavy (non-hydrogen) atoms. The molecule has 0 unspecified atom stereocenters. The van der Waals surface area contributed by atoms with Crippen LogP contribution in [0, 0.1) is 0 Å². The summed E-state index contributed by atoms with van der Waals surface area (Å²) in [7, 11) is 0. The molecule has 4 heteroatoms. The second kappa shape index (κ2) is 3.23. The molecule has 1 aromatic rings. The molecule has 2 heterocycles. The number of nitrogens with two attached hydrogens (primary N) is 1. The predicted octanol–water partition coefficient (Wildman–Crippen LogP) is 1.09. The minimum absolute atomic E-state index is 0.130. The minimum atomic E-state index is 0.130. The van der Waals surface area contributed by atoms with Crippen LogP contribution < -0.4 is 10.5 Å². The summed E-state index contributed by atoms with van der Waals surface area (Å²) in [5.41, 5.74) is 7.31. The second-order valence-corrected chi connectivity index (χ2v) is 4.76. The highest BCUT2D eigenvalue weighted by Crippen LogP contribution is 2.36. The Morgan fingerprint density at radius 1 is 1.53 bits per heavy atom. The molecule has 0 spiro atoms. The van der Waals surface area contributed by atoms with Gasteiger partial charge in [-0.2, -0.15) is 5.10 Å². The third-order valence-corrected chi connectivity index (χ3v) is 3.33. The van der Waals surface area contributed by atoms with Crippen LogP contribution in [0.3, 0.4) is 0 Å². The largest absolute Gasteiger partial charge is 0.478 e. The van der Waals surface area contributed by atoms with Gasteiger partial charge in [-0.3, -0.25) is 0 Å². The van der Waals surface area contributed by atoms with Gasteiger partial charge in [-0.1, -0.05) is 0 Å². The van der Waals surface area contributed by atoms with E-state index in [9.17, 15) is 0 Å². The number of aromatic nitrogens is 2. The molecule has 0 atom stereocenters. The fourth-order valence-corrected chi connectivity index (χ4v) is 2.03. The van der Waals surface area contributed by atoms with E-state index in [2.05, 4.69) is 11.2 Å². The van der Waals surface area contributed by atoms with Crippen LogP contribution in [-0.2, 0) is 13.0 Å². The maximum atomic E-state index is 6.05. The van der Waals surface area contributed by atoms with Crippen LogP contribution in [0.2, 0.25) is 0 Å². The lowest BCUT2D eigenvalue weighted by atomic mass is 10.1. The lowest BCUT2D eigenvalue weighted by Gasteiger charge is -2.13. The van der Waals surface area contributed by atoms with Gasteiger partial charge in [0, 0.05) is 24.6 Å². The fourth-order valence-electron chi connectivity index (χ4n) is 2.03. The highest BCUT2D eigenvalue weighted by atomic mass is 16.5. The highest BCUT2D eigenvalue weighted by Gasteiger charge is 2.37. The smallest absolute Gasteiger partial charge is 0.211 e. The Labute approximate surface area is 89.4 Å². The lowest BCUT2D eigenvalue weighted by molar-refractivity contribution is 0.230. The standard InChI is InChI=1S/C11H17N3O/c12-11(4-5-11)3-2-9-8-10-14(13-9)6-1-7-15-10/h8H,1-7,12H2. The van der Waals surface area contributed by atoms with E-state index in [1.807, 2.05) is 4.68 Å². The van der Waals surface area contributed by atoms with Crippen molar-refractivity contribution in [3.63, 3.8) is 0 Å². The van der Waals surface area contributed by atoms with Gasteiger partial charge in [0.1, 0.15) is 0 Å². The zero-order valence-corrected chi connectivity index (χ0v) is 8.91. The zero-order valence-electron chi connectivity index (χ0n) is 8.91. The molecule has 4 nitrogen and oxygen atoms in total. The van der Waals surface area contributed by atoms with E-state index >= 15 is 0 Å². The molecule has 1 aromatic heterocycles. The molecule has 0 amide bonds. The first-order valence-electron chi connectivity index (χ1n) is 5.74. The molecular weight excluding hydrogens is 190 g/mol. The Morgan fingerprint density at radius 3 is 3.13 bits per heavy atom. The van der Waals surface area contributed by atoms with Gasteiger partial charge < -0.3 is 10.5 Å². The molecule has 3 rings (SSSR count). The summed E-state index contributed by atoms with van der Waals surface area (Å²) in [6, 6.07) is 2.06. The van der Waals surface area contributed by atoms with Gasteiger partial charge in [-0.25, -0.2) is 4.68 Å². The minimum Gasteiger partial charge on any atom is -0.478 e. The van der Waals surface area contributed by atoms with Crippen LogP contribution in [0.4, 0.5) is 0 Å². The van der Waals surface area contributed by atoms with E-state index in [4.69, 9.17) is 10.5 Å². The molecule has 1 aliphatic carbocycles. The van der Waals surface area contributed by atoms with Gasteiger partial charge in [0.2, 0.25) is 5.88 Å². The molecular formula is C11H17N3O. The average Bonchev–Trinajstić information content (AvgIpc) is 2.83. The van der Waals surface area contributed by atoms with Crippen LogP contribution in [-0.4, -0.2) is 21.9 Å². The molecule has 1 aliphatic heterocycles. The first-order chi connectivity index (χ1) is 7.25. The Morgan fingerprint density at radius 2 is 2.40 bits per heavy atom. The Bertz CT molecular complexity index is 344. The fraction of sp³-hybridized carbons (Fsp3) is 0.727. The van der Waals surface area contributed by atoms with Gasteiger partial charge in [-0.05, 0) is 25.7 Å². The van der Waals surface area contributed by atoms with Crippen LogP contribution in [0.5, 0.6) is 5.88 Å². The number of ether oxygens (including phenoxy) is 1. The third kappa shape index (κ3) is 1.86. The van der Waals surface area contributed by atoms with Crippen molar-refractivity contribution in [2.24, 2.45) is 5.73 Å². The number of aryl methyl sites for hydroxylation is 2. The highest BCUT2D eigenvalue weighted by molar-refractivity contribution is 5.18. The number of hydrogen-bond donors (Lipinski definition) is 1. The molecule has 0 radical (unpaired) electrons. The summed E-state index contributed by atoms with van der Waals surface area (Å²) in [6.07, 6.45) is 5.46. The maximum Gasteiger partial charge on any atom is 0.211 e. The van der Waals surface area contributed by atoms with Gasteiger partial charge >= 0.3 is 0 Å². The normalized spacial score (nSPS) is 21.9. The topological polar surface area (TPSA) is 53.1 Å². The predicted molar refractivity (Wildman–Crippen MR) is 56.8 cm³/mol. The summed E-state index contributed by atoms with van der Waals surface area (Å²) in [5.74, 6) is 0.929. The van der Waals surface area contributed by atoms with Crippen LogP contribution in [0.1, 0.15) is 31.4 Å². The monoisotopic (exact) mass is 207 g/mol. The maximum absolute atomic E-state index is 6.05. The summed E-state index contributed by atoms with van der Waals surface area (Å²) in [6.45, 7) is 1.81. The van der Waals surface area contributed by atoms with Crippen LogP contribution in [0.15, 0.2) is 6.07 Å². The van der Waals surface area contributed by atoms with Gasteiger partial charge in [0.25, 0.3) is 0 Å². The van der Waals surface area contributed by atoms with E-state index in [0.29, 0.717) is 0 Å². The van der Waals surface area contributed by atoms with Crippen LogP contribution in [0.25, 0.3) is 0 Å². The van der Waals surface area contributed by atoms with Crippen molar-refractivity contribution in [3.05, 3.63) is 11.8 Å². The molecule has 82 valence electrons. The Hall–Kier alpha value is -1.03. The van der Waals surface area contributed by atoms with Crippen molar-refractivity contribution in [2.75, 3.05) is 6.61 Å². The zero-order chi connectivity index (χ0) is 10.3. The van der Waals surface area contributed by atoms with Crippen molar-refractivity contribution in [2.45, 2.75) is 44.2 Å². The Balaban J connectivity index is 1.67. The molecule has 0 aromatic carbocycles. The first kappa shape index (κ1) is 9.21. The van der Waals surface area contributed by atoms with E-state index in [0.717, 1.165) is 44.0 Å². The summed E-state index contributed by atoms with van der Waals surface area (Å²) >= 11 is 0. The summed E-state index contributed by atoms with van der Waals surface area (Å²) in [4.78, 5) is 0. The summed E-state index contributed by atoms with van der Waals surface area (Å²) in [5, 5.41) is 4.52. The average molecular weight is 207 g/mol. The van der Waals surface area contributed by atoms with Crippen molar-refractivity contribution < 1.29 is 4.74 Å². The molecule has 0 saturated heterocycles. The van der Waals surface area contributed by atoms with E-state index in [-0.39, 0.29) is 5.54 Å². The molecule has 1 saturated carbocycles. The van der Waals surface area contributed by atoms with Crippen molar-refractivity contribution in [1.29, 1.82) is 0 Å². The van der Waals surface area contributed by atoms with Crippen LogP contribution >= 0.6 is 0 Å². The van der Waals surface area contributed by atoms with E-state index in [1.165, 1.54) is 12.8 Å². The number of nitrogens with zero attached hydrogens (tertiary/aromatic N) is 2. The summed E-state index contributed by atoms with van der Waals surface area (Å²) < 4.78 is 7.49. The first-order valence-corrected chi connectivity index (χ1v) is 5.74. The lowest BCUT2D eigenvalue weighted by Crippen LogP contribution is -2.22. The van der Waals surface area contributed by atoms with Gasteiger partial charge in [0.15, 0.2) is 0 Å². The van der Waals surface area contributed by atoms with E-state index < -0.39 is 0 Å². The van der Waals surface area contributed by atoms with Crippen molar-refractivity contribution in [3.8, 4) is 5.88 Å².